The van der Waals surface area contributed by atoms with Gasteiger partial charge in [0.15, 0.2) is 11.9 Å². The number of ketones is 1. The third kappa shape index (κ3) is 12.4. The molecular weight excluding hydrogens is 712 g/mol. The molecule has 1 saturated carbocycles. The maximum Gasteiger partial charge on any atom is 0.308 e. The maximum absolute atomic E-state index is 14.2. The highest BCUT2D eigenvalue weighted by molar-refractivity contribution is 7.09. The van der Waals surface area contributed by atoms with Gasteiger partial charge in [0.1, 0.15) is 16.5 Å². The lowest BCUT2D eigenvalue weighted by atomic mass is 9.88. The minimum atomic E-state index is -0.832. The van der Waals surface area contributed by atoms with Crippen LogP contribution < -0.4 is 5.32 Å². The topological polar surface area (TPSA) is 135 Å². The van der Waals surface area contributed by atoms with Crippen LogP contribution in [0.25, 0.3) is 0 Å². The van der Waals surface area contributed by atoms with Crippen LogP contribution in [0.1, 0.15) is 118 Å². The first-order valence-corrected chi connectivity index (χ1v) is 20.2. The molecule has 11 nitrogen and oxygen atoms in total. The summed E-state index contributed by atoms with van der Waals surface area (Å²) >= 11 is 1.18. The Balaban J connectivity index is 1.51. The largest absolute Gasteiger partial charge is 0.469 e. The number of amides is 2. The second-order valence-corrected chi connectivity index (χ2v) is 16.8. The zero-order valence-corrected chi connectivity index (χ0v) is 34.0. The van der Waals surface area contributed by atoms with E-state index in [4.69, 9.17) is 9.47 Å². The number of esters is 2. The highest BCUT2D eigenvalue weighted by Gasteiger charge is 2.38. The Morgan fingerprint density at radius 3 is 2.41 bits per heavy atom. The fourth-order valence-electron chi connectivity index (χ4n) is 7.77. The molecule has 1 aliphatic carbocycles. The summed E-state index contributed by atoms with van der Waals surface area (Å²) in [6, 6.07) is 3.63. The van der Waals surface area contributed by atoms with Crippen molar-refractivity contribution in [3.8, 4) is 0 Å². The Morgan fingerprint density at radius 2 is 1.80 bits per heavy atom. The minimum absolute atomic E-state index is 0.0227. The van der Waals surface area contributed by atoms with E-state index in [0.717, 1.165) is 44.2 Å². The lowest BCUT2D eigenvalue weighted by Gasteiger charge is -2.36. The Kier molecular flexibility index (Phi) is 15.7. The molecule has 1 aliphatic heterocycles. The number of Topliss-reactive ketones (excluding diaryl/α,β-unsaturated/α-hetero) is 1. The Morgan fingerprint density at radius 1 is 1.07 bits per heavy atom. The van der Waals surface area contributed by atoms with Gasteiger partial charge in [-0.1, -0.05) is 46.1 Å². The van der Waals surface area contributed by atoms with Crippen molar-refractivity contribution >= 4 is 40.9 Å². The summed E-state index contributed by atoms with van der Waals surface area (Å²) in [4.78, 5) is 74.5. The molecule has 0 radical (unpaired) electrons. The first-order chi connectivity index (χ1) is 25.6. The molecular formula is C41H59FN4O7S. The fraction of sp³-hybridized carbons (Fsp3) is 0.659. The van der Waals surface area contributed by atoms with Crippen molar-refractivity contribution in [3.05, 3.63) is 51.2 Å². The van der Waals surface area contributed by atoms with Crippen molar-refractivity contribution in [2.45, 2.75) is 123 Å². The molecule has 4 rings (SSSR count). The maximum atomic E-state index is 14.2. The number of carbonyl (C=O) groups is 5. The van der Waals surface area contributed by atoms with Crippen LogP contribution in [-0.2, 0) is 35.1 Å². The summed E-state index contributed by atoms with van der Waals surface area (Å²) in [6.45, 7) is 9.71. The van der Waals surface area contributed by atoms with E-state index in [9.17, 15) is 28.4 Å². The highest BCUT2D eigenvalue weighted by atomic mass is 32.1. The van der Waals surface area contributed by atoms with Gasteiger partial charge in [-0.15, -0.1) is 11.3 Å². The molecule has 54 heavy (non-hydrogen) atoms. The van der Waals surface area contributed by atoms with Gasteiger partial charge in [-0.3, -0.25) is 28.9 Å². The van der Waals surface area contributed by atoms with E-state index in [0.29, 0.717) is 22.9 Å². The molecule has 0 bridgehead atoms. The number of rotatable bonds is 19. The van der Waals surface area contributed by atoms with Gasteiger partial charge in [0, 0.05) is 50.2 Å². The van der Waals surface area contributed by atoms with Crippen molar-refractivity contribution in [2.24, 2.45) is 23.7 Å². The summed E-state index contributed by atoms with van der Waals surface area (Å²) < 4.78 is 24.9. The normalized spacial score (nSPS) is 19.0. The fourth-order valence-corrected chi connectivity index (χ4v) is 8.61. The van der Waals surface area contributed by atoms with Gasteiger partial charge in [0.2, 0.25) is 5.91 Å². The number of aromatic nitrogens is 1. The monoisotopic (exact) mass is 770 g/mol. The molecule has 2 amide bonds. The Hall–Kier alpha value is -3.71. The molecule has 2 aromatic rings. The van der Waals surface area contributed by atoms with Crippen LogP contribution in [0.4, 0.5) is 4.39 Å². The summed E-state index contributed by atoms with van der Waals surface area (Å²) in [5.41, 5.74) is 1.52. The van der Waals surface area contributed by atoms with Crippen molar-refractivity contribution in [1.82, 2.24) is 20.1 Å². The van der Waals surface area contributed by atoms with Gasteiger partial charge in [-0.05, 0) is 87.7 Å². The van der Waals surface area contributed by atoms with E-state index < -0.39 is 41.8 Å². The number of thiazole rings is 1. The Labute approximate surface area is 323 Å². The van der Waals surface area contributed by atoms with Gasteiger partial charge in [-0.25, -0.2) is 9.37 Å². The molecule has 298 valence electrons. The van der Waals surface area contributed by atoms with Crippen molar-refractivity contribution in [2.75, 3.05) is 27.7 Å². The average Bonchev–Trinajstić information content (AvgIpc) is 3.78. The SMILES string of the molecule is COC(=O)[C@@H](C)C[C@H](Cc1cc(C)cc(F)c1)NC(=O)c1csc([C@@H](C[C@H](C(C)C)N(C)C(=O)[C@@H](CC(=O)[C@H]2CCCCN2C)CC2CC2)OC(C)=O)n1. The molecule has 6 atom stereocenters. The number of likely N-dealkylation sites (N-methyl/N-ethyl adjacent to an activating group) is 1. The van der Waals surface area contributed by atoms with Crippen LogP contribution in [0.5, 0.6) is 0 Å². The number of nitrogens with zero attached hydrogens (tertiary/aromatic N) is 3. The summed E-state index contributed by atoms with van der Waals surface area (Å²) in [5.74, 6) is -2.27. The smallest absolute Gasteiger partial charge is 0.308 e. The summed E-state index contributed by atoms with van der Waals surface area (Å²) in [5, 5.41) is 4.97. The number of hydrogen-bond acceptors (Lipinski definition) is 10. The van der Waals surface area contributed by atoms with Gasteiger partial charge in [0.05, 0.1) is 19.1 Å². The van der Waals surface area contributed by atoms with Crippen LogP contribution in [0.3, 0.4) is 0 Å². The number of benzene rings is 1. The van der Waals surface area contributed by atoms with E-state index >= 15 is 0 Å². The number of likely N-dealkylation sites (tertiary alicyclic amines) is 1. The molecule has 2 aliphatic rings. The van der Waals surface area contributed by atoms with Crippen LogP contribution in [0.15, 0.2) is 23.6 Å². The van der Waals surface area contributed by atoms with Gasteiger partial charge in [-0.2, -0.15) is 0 Å². The molecule has 2 heterocycles. The second-order valence-electron chi connectivity index (χ2n) is 15.9. The Bertz CT molecular complexity index is 1610. The lowest BCUT2D eigenvalue weighted by Crippen LogP contribution is -2.47. The van der Waals surface area contributed by atoms with Crippen molar-refractivity contribution in [1.29, 1.82) is 0 Å². The van der Waals surface area contributed by atoms with Gasteiger partial charge in [0.25, 0.3) is 5.91 Å². The number of hydrogen-bond donors (Lipinski definition) is 1. The van der Waals surface area contributed by atoms with Crippen molar-refractivity contribution < 1.29 is 37.8 Å². The number of carbonyl (C=O) groups excluding carboxylic acids is 5. The molecule has 1 saturated heterocycles. The van der Waals surface area contributed by atoms with E-state index in [1.54, 1.807) is 31.2 Å². The number of piperidine rings is 1. The van der Waals surface area contributed by atoms with Gasteiger partial charge < -0.3 is 19.7 Å². The van der Waals surface area contributed by atoms with Crippen molar-refractivity contribution in [3.63, 3.8) is 0 Å². The number of aryl methyl sites for hydroxylation is 1. The summed E-state index contributed by atoms with van der Waals surface area (Å²) in [6.07, 6.45) is 5.91. The van der Waals surface area contributed by atoms with Crippen LogP contribution >= 0.6 is 11.3 Å². The molecule has 0 spiro atoms. The standard InChI is InChI=1S/C41H59FN4O7S/c1-24(2)35(46(7)40(50)30(18-28-12-13-28)21-36(48)34-11-9-10-14-45(34)6)22-37(53-27(5)47)39-44-33(23-54-39)38(49)43-32(17-26(4)41(51)52-8)20-29-15-25(3)16-31(42)19-29/h15-16,19,23-24,26,28,30,32,34-35,37H,9-14,17-18,20-22H2,1-8H3,(H,43,49)/t26-,30+,32+,34+,35+,37+/m0/s1. The van der Waals surface area contributed by atoms with Crippen LogP contribution in [0.2, 0.25) is 0 Å². The third-order valence-electron chi connectivity index (χ3n) is 10.8. The van der Waals surface area contributed by atoms with E-state index in [2.05, 4.69) is 15.2 Å². The van der Waals surface area contributed by atoms with E-state index in [-0.39, 0.29) is 66.9 Å². The number of nitrogens with one attached hydrogen (secondary N) is 1. The molecule has 0 unspecified atom stereocenters. The average molecular weight is 771 g/mol. The predicted molar refractivity (Wildman–Crippen MR) is 205 cm³/mol. The van der Waals surface area contributed by atoms with Crippen LogP contribution in [0, 0.1) is 36.4 Å². The molecule has 1 aromatic heterocycles. The summed E-state index contributed by atoms with van der Waals surface area (Å²) in [7, 11) is 5.06. The highest BCUT2D eigenvalue weighted by Crippen LogP contribution is 2.38. The zero-order chi connectivity index (χ0) is 39.7. The van der Waals surface area contributed by atoms with Gasteiger partial charge >= 0.3 is 11.9 Å². The lowest BCUT2D eigenvalue weighted by molar-refractivity contribution is -0.149. The van der Waals surface area contributed by atoms with E-state index in [1.807, 2.05) is 27.0 Å². The number of ether oxygens (including phenoxy) is 2. The minimum Gasteiger partial charge on any atom is -0.469 e. The molecule has 2 fully saturated rings. The predicted octanol–water partition coefficient (Wildman–Crippen LogP) is 6.47. The molecule has 1 N–H and O–H groups in total. The first kappa shape index (κ1) is 43.0. The zero-order valence-electron chi connectivity index (χ0n) is 33.2. The quantitative estimate of drug-likeness (QED) is 0.160. The number of halogens is 1. The molecule has 1 aromatic carbocycles. The third-order valence-corrected chi connectivity index (χ3v) is 11.8. The van der Waals surface area contributed by atoms with Crippen LogP contribution in [-0.4, -0.2) is 90.2 Å². The number of methoxy groups -OCH3 is 1. The van der Waals surface area contributed by atoms with E-state index in [1.165, 1.54) is 37.5 Å². The first-order valence-electron chi connectivity index (χ1n) is 19.3. The molecule has 13 heteroatoms. The second kappa shape index (κ2) is 19.7.